The first-order valence-electron chi connectivity index (χ1n) is 12.9. The number of nitrogens with zero attached hydrogens (tertiary/aromatic N) is 6. The van der Waals surface area contributed by atoms with Gasteiger partial charge in [-0.15, -0.1) is 0 Å². The lowest BCUT2D eigenvalue weighted by atomic mass is 9.68. The summed E-state index contributed by atoms with van der Waals surface area (Å²) in [5.74, 6) is 2.81. The Labute approximate surface area is 210 Å². The maximum absolute atomic E-state index is 13.2. The summed E-state index contributed by atoms with van der Waals surface area (Å²) in [7, 11) is 0. The summed E-state index contributed by atoms with van der Waals surface area (Å²) in [6.07, 6.45) is 9.90. The molecule has 8 nitrogen and oxygen atoms in total. The molecule has 36 heavy (non-hydrogen) atoms. The summed E-state index contributed by atoms with van der Waals surface area (Å²) >= 11 is 0. The zero-order chi connectivity index (χ0) is 25.0. The van der Waals surface area contributed by atoms with E-state index in [1.165, 1.54) is 19.3 Å². The molecule has 4 aromatic rings. The SMILES string of the molecule is CCn1c(-c2cnc(C)nc2)nc2c(-c3ccc4c(c3)C(C)(C[C@@H](C)C3CCC3)C(=O)N4)ncnc21. The van der Waals surface area contributed by atoms with E-state index in [0.29, 0.717) is 12.5 Å². The van der Waals surface area contributed by atoms with Gasteiger partial charge in [-0.25, -0.2) is 24.9 Å². The predicted molar refractivity (Wildman–Crippen MR) is 139 cm³/mol. The fourth-order valence-corrected chi connectivity index (χ4v) is 5.84. The van der Waals surface area contributed by atoms with E-state index < -0.39 is 5.41 Å². The molecule has 0 radical (unpaired) electrons. The molecule has 1 saturated carbocycles. The average molecular weight is 482 g/mol. The normalized spacial score (nSPS) is 20.3. The van der Waals surface area contributed by atoms with Crippen molar-refractivity contribution in [2.24, 2.45) is 11.8 Å². The topological polar surface area (TPSA) is 98.5 Å². The number of carbonyl (C=O) groups excluding carboxylic acids is 1. The predicted octanol–water partition coefficient (Wildman–Crippen LogP) is 5.31. The molecule has 2 aliphatic rings. The highest BCUT2D eigenvalue weighted by molar-refractivity contribution is 6.06. The fourth-order valence-electron chi connectivity index (χ4n) is 5.84. The van der Waals surface area contributed by atoms with Crippen molar-refractivity contribution in [1.82, 2.24) is 29.5 Å². The van der Waals surface area contributed by atoms with Crippen molar-refractivity contribution < 1.29 is 4.79 Å². The Morgan fingerprint density at radius 1 is 1.14 bits per heavy atom. The summed E-state index contributed by atoms with van der Waals surface area (Å²) < 4.78 is 2.07. The third kappa shape index (κ3) is 3.50. The van der Waals surface area contributed by atoms with Crippen LogP contribution < -0.4 is 5.32 Å². The van der Waals surface area contributed by atoms with Crippen molar-refractivity contribution in [3.05, 3.63) is 48.3 Å². The van der Waals surface area contributed by atoms with Gasteiger partial charge in [0.25, 0.3) is 0 Å². The molecule has 6 rings (SSSR count). The van der Waals surface area contributed by atoms with Crippen molar-refractivity contribution in [2.45, 2.75) is 65.3 Å². The summed E-state index contributed by atoms with van der Waals surface area (Å²) in [6, 6.07) is 6.14. The van der Waals surface area contributed by atoms with E-state index in [9.17, 15) is 4.79 Å². The number of fused-ring (bicyclic) bond motifs is 2. The van der Waals surface area contributed by atoms with Crippen molar-refractivity contribution in [3.8, 4) is 22.6 Å². The van der Waals surface area contributed by atoms with E-state index in [2.05, 4.69) is 56.7 Å². The minimum absolute atomic E-state index is 0.0885. The number of hydrogen-bond acceptors (Lipinski definition) is 6. The van der Waals surface area contributed by atoms with Crippen molar-refractivity contribution in [1.29, 1.82) is 0 Å². The smallest absolute Gasteiger partial charge is 0.234 e. The van der Waals surface area contributed by atoms with Gasteiger partial charge in [-0.05, 0) is 56.7 Å². The second-order valence-electron chi connectivity index (χ2n) is 10.5. The molecule has 2 atom stereocenters. The van der Waals surface area contributed by atoms with Gasteiger partial charge < -0.3 is 9.88 Å². The lowest BCUT2D eigenvalue weighted by Crippen LogP contribution is -2.35. The number of anilines is 1. The first-order chi connectivity index (χ1) is 17.4. The van der Waals surface area contributed by atoms with Crippen LogP contribution >= 0.6 is 0 Å². The molecule has 0 saturated heterocycles. The summed E-state index contributed by atoms with van der Waals surface area (Å²) in [6.45, 7) is 9.03. The second kappa shape index (κ2) is 8.47. The fraction of sp³-hybridized carbons (Fsp3) is 0.429. The standard InChI is InChI=1S/C28H31N7O/c1-5-35-25(20-13-29-17(3)30-14-20)34-24-23(31-15-32-26(24)35)19-9-10-22-21(11-19)28(4,27(36)33-22)12-16(2)18-7-6-8-18/h9-11,13-16,18H,5-8,12H2,1-4H3,(H,33,36)/t16-,28?/m1/s1. The first kappa shape index (κ1) is 22.8. The van der Waals surface area contributed by atoms with Gasteiger partial charge in [0.05, 0.1) is 11.0 Å². The van der Waals surface area contributed by atoms with Gasteiger partial charge in [0.15, 0.2) is 5.65 Å². The molecule has 4 heterocycles. The van der Waals surface area contributed by atoms with Gasteiger partial charge in [-0.2, -0.15) is 0 Å². The molecule has 1 N–H and O–H groups in total. The number of imidazole rings is 1. The van der Waals surface area contributed by atoms with Crippen molar-refractivity contribution in [3.63, 3.8) is 0 Å². The Morgan fingerprint density at radius 2 is 1.92 bits per heavy atom. The summed E-state index contributed by atoms with van der Waals surface area (Å²) in [5, 5.41) is 3.13. The van der Waals surface area contributed by atoms with E-state index in [0.717, 1.165) is 63.2 Å². The Morgan fingerprint density at radius 3 is 2.61 bits per heavy atom. The number of aryl methyl sites for hydroxylation is 2. The van der Waals surface area contributed by atoms with Gasteiger partial charge in [0, 0.05) is 30.2 Å². The van der Waals surface area contributed by atoms with E-state index >= 15 is 0 Å². The maximum atomic E-state index is 13.2. The number of rotatable bonds is 6. The lowest BCUT2D eigenvalue weighted by molar-refractivity contribution is -0.121. The van der Waals surface area contributed by atoms with Crippen LogP contribution in [-0.4, -0.2) is 35.4 Å². The van der Waals surface area contributed by atoms with E-state index in [1.54, 1.807) is 18.7 Å². The average Bonchev–Trinajstić information content (AvgIpc) is 3.32. The Balaban J connectivity index is 1.45. The molecule has 184 valence electrons. The number of hydrogen-bond donors (Lipinski definition) is 1. The maximum Gasteiger partial charge on any atom is 0.234 e. The van der Waals surface area contributed by atoms with E-state index in [4.69, 9.17) is 4.98 Å². The molecule has 0 bridgehead atoms. The quantitative estimate of drug-likeness (QED) is 0.400. The monoisotopic (exact) mass is 481 g/mol. The number of benzene rings is 1. The van der Waals surface area contributed by atoms with Crippen LogP contribution in [-0.2, 0) is 16.8 Å². The molecular weight excluding hydrogens is 450 g/mol. The van der Waals surface area contributed by atoms with E-state index in [-0.39, 0.29) is 5.91 Å². The second-order valence-corrected chi connectivity index (χ2v) is 10.5. The van der Waals surface area contributed by atoms with Gasteiger partial charge in [-0.1, -0.05) is 32.3 Å². The highest BCUT2D eigenvalue weighted by Gasteiger charge is 2.45. The molecule has 1 unspecified atom stereocenters. The first-order valence-corrected chi connectivity index (χ1v) is 12.9. The zero-order valence-corrected chi connectivity index (χ0v) is 21.2. The Kier molecular flexibility index (Phi) is 5.35. The van der Waals surface area contributed by atoms with Crippen LogP contribution in [0.2, 0.25) is 0 Å². The largest absolute Gasteiger partial charge is 0.325 e. The van der Waals surface area contributed by atoms with Gasteiger partial charge in [0.1, 0.15) is 29.2 Å². The van der Waals surface area contributed by atoms with Crippen LogP contribution in [0.3, 0.4) is 0 Å². The van der Waals surface area contributed by atoms with Crippen LogP contribution in [0.15, 0.2) is 36.9 Å². The molecule has 0 spiro atoms. The minimum atomic E-state index is -0.556. The molecule has 1 aliphatic carbocycles. The van der Waals surface area contributed by atoms with Crippen LogP contribution in [0.1, 0.15) is 57.8 Å². The third-order valence-electron chi connectivity index (χ3n) is 8.21. The van der Waals surface area contributed by atoms with Crippen molar-refractivity contribution >= 4 is 22.8 Å². The molecule has 1 fully saturated rings. The van der Waals surface area contributed by atoms with Gasteiger partial charge in [-0.3, -0.25) is 4.79 Å². The number of carbonyl (C=O) groups is 1. The molecule has 1 amide bonds. The van der Waals surface area contributed by atoms with Crippen LogP contribution in [0.25, 0.3) is 33.8 Å². The summed E-state index contributed by atoms with van der Waals surface area (Å²) in [4.78, 5) is 36.1. The number of nitrogens with one attached hydrogen (secondary N) is 1. The molecule has 8 heteroatoms. The minimum Gasteiger partial charge on any atom is -0.325 e. The van der Waals surface area contributed by atoms with Gasteiger partial charge >= 0.3 is 0 Å². The highest BCUT2D eigenvalue weighted by atomic mass is 16.2. The molecule has 3 aromatic heterocycles. The molecule has 1 aromatic carbocycles. The van der Waals surface area contributed by atoms with E-state index in [1.807, 2.05) is 19.1 Å². The molecule has 1 aliphatic heterocycles. The molecular formula is C28H31N7O. The van der Waals surface area contributed by atoms with Crippen molar-refractivity contribution in [2.75, 3.05) is 5.32 Å². The zero-order valence-electron chi connectivity index (χ0n) is 21.2. The highest BCUT2D eigenvalue weighted by Crippen LogP contribution is 2.47. The lowest BCUT2D eigenvalue weighted by Gasteiger charge is -2.35. The van der Waals surface area contributed by atoms with Crippen LogP contribution in [0.5, 0.6) is 0 Å². The van der Waals surface area contributed by atoms with Crippen LogP contribution in [0, 0.1) is 18.8 Å². The van der Waals surface area contributed by atoms with Gasteiger partial charge in [0.2, 0.25) is 5.91 Å². The number of aromatic nitrogens is 6. The van der Waals surface area contributed by atoms with Crippen LogP contribution in [0.4, 0.5) is 5.69 Å². The number of amides is 1. The third-order valence-corrected chi connectivity index (χ3v) is 8.21. The summed E-state index contributed by atoms with van der Waals surface area (Å²) in [5.41, 5.74) is 5.43. The Bertz CT molecular complexity index is 1470. The Hall–Kier alpha value is -3.68.